The van der Waals surface area contributed by atoms with Crippen LogP contribution in [0.5, 0.6) is 0 Å². The van der Waals surface area contributed by atoms with Gasteiger partial charge in [-0.2, -0.15) is 0 Å². The Bertz CT molecular complexity index is 811. The van der Waals surface area contributed by atoms with Gasteiger partial charge in [0.1, 0.15) is 5.76 Å². The molecule has 116 valence electrons. The Kier molecular flexibility index (Phi) is 4.37. The van der Waals surface area contributed by atoms with Crippen LogP contribution in [0.1, 0.15) is 17.2 Å². The van der Waals surface area contributed by atoms with Gasteiger partial charge in [0, 0.05) is 14.5 Å². The molecule has 0 spiro atoms. The number of carbonyl (C=O) groups is 2. The number of nitrogens with one attached hydrogen (secondary N) is 1. The van der Waals surface area contributed by atoms with Gasteiger partial charge in [0.25, 0.3) is 11.7 Å². The van der Waals surface area contributed by atoms with Gasteiger partial charge in [-0.15, -0.1) is 0 Å². The summed E-state index contributed by atoms with van der Waals surface area (Å²) in [4.78, 5) is 24.0. The number of Topliss-reactive ketones (excluding diaryl/α,β-unsaturated/α-hetero) is 1. The van der Waals surface area contributed by atoms with E-state index in [1.807, 2.05) is 12.1 Å². The van der Waals surface area contributed by atoms with E-state index in [0.29, 0.717) is 5.56 Å². The lowest BCUT2D eigenvalue weighted by molar-refractivity contribution is -0.133. The zero-order valence-corrected chi connectivity index (χ0v) is 14.9. The number of halogens is 2. The van der Waals surface area contributed by atoms with Crippen LogP contribution >= 0.6 is 31.9 Å². The minimum Gasteiger partial charge on any atom is -0.507 e. The third kappa shape index (κ3) is 3.09. The third-order valence-corrected chi connectivity index (χ3v) is 4.65. The van der Waals surface area contributed by atoms with Gasteiger partial charge in [-0.05, 0) is 29.8 Å². The van der Waals surface area contributed by atoms with E-state index < -0.39 is 17.7 Å². The smallest absolute Gasteiger partial charge is 0.293 e. The Hall–Kier alpha value is -1.92. The van der Waals surface area contributed by atoms with Crippen molar-refractivity contribution < 1.29 is 14.7 Å². The number of amides is 1. The first-order valence-electron chi connectivity index (χ1n) is 6.77. The lowest BCUT2D eigenvalue weighted by Gasteiger charge is -2.13. The molecule has 0 aromatic heterocycles. The van der Waals surface area contributed by atoms with Crippen molar-refractivity contribution in [2.45, 2.75) is 6.04 Å². The molecule has 0 saturated carbocycles. The van der Waals surface area contributed by atoms with Gasteiger partial charge >= 0.3 is 0 Å². The summed E-state index contributed by atoms with van der Waals surface area (Å²) in [6, 6.07) is 13.4. The number of hydrogen-bond acceptors (Lipinski definition) is 3. The van der Waals surface area contributed by atoms with Crippen LogP contribution in [0.4, 0.5) is 0 Å². The maximum atomic E-state index is 12.2. The molecule has 1 saturated heterocycles. The van der Waals surface area contributed by atoms with Crippen LogP contribution in [0.3, 0.4) is 0 Å². The maximum absolute atomic E-state index is 12.2. The highest BCUT2D eigenvalue weighted by Gasteiger charge is 2.39. The molecule has 2 aromatic carbocycles. The first kappa shape index (κ1) is 16.0. The Morgan fingerprint density at radius 1 is 0.913 bits per heavy atom. The van der Waals surface area contributed by atoms with Crippen LogP contribution in [0, 0.1) is 0 Å². The second kappa shape index (κ2) is 6.29. The van der Waals surface area contributed by atoms with Crippen molar-refractivity contribution in [2.75, 3.05) is 0 Å². The van der Waals surface area contributed by atoms with Crippen LogP contribution in [-0.2, 0) is 9.59 Å². The number of aliphatic hydroxyl groups excluding tert-OH is 1. The molecule has 23 heavy (non-hydrogen) atoms. The van der Waals surface area contributed by atoms with Crippen LogP contribution in [-0.4, -0.2) is 16.8 Å². The number of ketones is 1. The van der Waals surface area contributed by atoms with Crippen molar-refractivity contribution in [3.63, 3.8) is 0 Å². The summed E-state index contributed by atoms with van der Waals surface area (Å²) in [6.07, 6.45) is 0. The van der Waals surface area contributed by atoms with Gasteiger partial charge < -0.3 is 10.4 Å². The summed E-state index contributed by atoms with van der Waals surface area (Å²) in [7, 11) is 0. The van der Waals surface area contributed by atoms with Gasteiger partial charge in [-0.3, -0.25) is 9.59 Å². The molecule has 3 rings (SSSR count). The van der Waals surface area contributed by atoms with E-state index in [1.165, 1.54) is 0 Å². The van der Waals surface area contributed by atoms with Crippen molar-refractivity contribution in [3.8, 4) is 0 Å². The first-order valence-corrected chi connectivity index (χ1v) is 8.35. The number of hydrogen-bond donors (Lipinski definition) is 2. The molecule has 1 atom stereocenters. The van der Waals surface area contributed by atoms with Gasteiger partial charge in [-0.1, -0.05) is 56.1 Å². The number of carbonyl (C=O) groups excluding carboxylic acids is 2. The van der Waals surface area contributed by atoms with Crippen molar-refractivity contribution in [1.29, 1.82) is 0 Å². The molecule has 0 aliphatic carbocycles. The van der Waals surface area contributed by atoms with E-state index in [2.05, 4.69) is 37.2 Å². The fraction of sp³-hybridized carbons (Fsp3) is 0.0588. The van der Waals surface area contributed by atoms with Gasteiger partial charge in [0.2, 0.25) is 0 Å². The lowest BCUT2D eigenvalue weighted by atomic mass is 9.96. The summed E-state index contributed by atoms with van der Waals surface area (Å²) in [5.41, 5.74) is 1.28. The zero-order chi connectivity index (χ0) is 16.6. The number of benzene rings is 2. The van der Waals surface area contributed by atoms with Crippen LogP contribution in [0.25, 0.3) is 5.76 Å². The fourth-order valence-corrected chi connectivity index (χ4v) is 2.96. The SMILES string of the molecule is O=C1N[C@H](c2ccc(Br)cc2)C(=C(O)c2ccc(Br)cc2)C1=O. The Labute approximate surface area is 149 Å². The molecule has 1 aliphatic heterocycles. The van der Waals surface area contributed by atoms with Gasteiger partial charge in [-0.25, -0.2) is 0 Å². The molecular formula is C17H11Br2NO3. The first-order chi connectivity index (χ1) is 11.0. The van der Waals surface area contributed by atoms with E-state index in [-0.39, 0.29) is 11.3 Å². The quantitative estimate of drug-likeness (QED) is 0.426. The zero-order valence-electron chi connectivity index (χ0n) is 11.7. The van der Waals surface area contributed by atoms with E-state index in [1.54, 1.807) is 36.4 Å². The van der Waals surface area contributed by atoms with Crippen molar-refractivity contribution >= 4 is 49.3 Å². The topological polar surface area (TPSA) is 66.4 Å². The molecule has 1 heterocycles. The highest BCUT2D eigenvalue weighted by Crippen LogP contribution is 2.33. The van der Waals surface area contributed by atoms with E-state index >= 15 is 0 Å². The summed E-state index contributed by atoms with van der Waals surface area (Å²) < 4.78 is 1.75. The van der Waals surface area contributed by atoms with Gasteiger partial charge in [0.05, 0.1) is 11.6 Å². The second-order valence-electron chi connectivity index (χ2n) is 5.06. The van der Waals surface area contributed by atoms with Crippen molar-refractivity contribution in [2.24, 2.45) is 0 Å². The highest BCUT2D eigenvalue weighted by atomic mass is 79.9. The largest absolute Gasteiger partial charge is 0.507 e. The molecule has 6 heteroatoms. The Balaban J connectivity index is 2.10. The second-order valence-corrected chi connectivity index (χ2v) is 6.89. The average Bonchev–Trinajstić information content (AvgIpc) is 2.84. The minimum atomic E-state index is -0.711. The van der Waals surface area contributed by atoms with Crippen LogP contribution < -0.4 is 5.32 Å². The number of aliphatic hydroxyl groups is 1. The monoisotopic (exact) mass is 435 g/mol. The van der Waals surface area contributed by atoms with E-state index in [0.717, 1.165) is 14.5 Å². The average molecular weight is 437 g/mol. The molecule has 0 radical (unpaired) electrons. The molecule has 0 bridgehead atoms. The summed E-state index contributed by atoms with van der Waals surface area (Å²) in [6.45, 7) is 0. The molecule has 2 aromatic rings. The fourth-order valence-electron chi connectivity index (χ4n) is 2.43. The summed E-state index contributed by atoms with van der Waals surface area (Å²) >= 11 is 6.66. The van der Waals surface area contributed by atoms with Crippen LogP contribution in [0.15, 0.2) is 63.0 Å². The Morgan fingerprint density at radius 3 is 2.00 bits per heavy atom. The molecule has 0 unspecified atom stereocenters. The van der Waals surface area contributed by atoms with E-state index in [9.17, 15) is 14.7 Å². The standard InChI is InChI=1S/C17H11Br2NO3/c18-11-5-1-9(2-6-11)14-13(16(22)17(23)20-14)15(21)10-3-7-12(19)8-4-10/h1-8,14,21H,(H,20,23)/t14-/m1/s1. The molecular weight excluding hydrogens is 426 g/mol. The van der Waals surface area contributed by atoms with E-state index in [4.69, 9.17) is 0 Å². The molecule has 2 N–H and O–H groups in total. The predicted molar refractivity (Wildman–Crippen MR) is 93.7 cm³/mol. The lowest BCUT2D eigenvalue weighted by Crippen LogP contribution is -2.21. The minimum absolute atomic E-state index is 0.0691. The van der Waals surface area contributed by atoms with Crippen molar-refractivity contribution in [3.05, 3.63) is 74.2 Å². The number of rotatable bonds is 2. The molecule has 1 amide bonds. The normalized spacial score (nSPS) is 19.7. The van der Waals surface area contributed by atoms with Crippen molar-refractivity contribution in [1.82, 2.24) is 5.32 Å². The predicted octanol–water partition coefficient (Wildman–Crippen LogP) is 3.92. The molecule has 1 aliphatic rings. The third-order valence-electron chi connectivity index (χ3n) is 3.59. The highest BCUT2D eigenvalue weighted by molar-refractivity contribution is 9.10. The van der Waals surface area contributed by atoms with Crippen LogP contribution in [0.2, 0.25) is 0 Å². The summed E-state index contributed by atoms with van der Waals surface area (Å²) in [5, 5.41) is 13.1. The van der Waals surface area contributed by atoms with Gasteiger partial charge in [0.15, 0.2) is 0 Å². The molecule has 1 fully saturated rings. The maximum Gasteiger partial charge on any atom is 0.293 e. The molecule has 4 nitrogen and oxygen atoms in total. The Morgan fingerprint density at radius 2 is 1.43 bits per heavy atom. The summed E-state index contributed by atoms with van der Waals surface area (Å²) in [5.74, 6) is -1.61.